The van der Waals surface area contributed by atoms with E-state index in [0.717, 1.165) is 4.70 Å². The molecule has 5 nitrogen and oxygen atoms in total. The van der Waals surface area contributed by atoms with Gasteiger partial charge in [0.15, 0.2) is 5.01 Å². The van der Waals surface area contributed by atoms with Crippen LogP contribution in [-0.4, -0.2) is 20.9 Å². The maximum Gasteiger partial charge on any atom is 0.284 e. The van der Waals surface area contributed by atoms with Crippen LogP contribution < -0.4 is 5.32 Å². The van der Waals surface area contributed by atoms with Crippen LogP contribution in [0.15, 0.2) is 30.6 Å². The zero-order valence-electron chi connectivity index (χ0n) is 9.80. The second kappa shape index (κ2) is 5.10. The Morgan fingerprint density at radius 2 is 2.05 bits per heavy atom. The standard InChI is InChI=1S/C12H6ClFN4OS/c13-12-15-4-7(5-16-12)17-10(19)11-18-8-3-6(14)1-2-9(8)20-11/h1-5H,(H,17,19). The molecule has 0 saturated carbocycles. The summed E-state index contributed by atoms with van der Waals surface area (Å²) < 4.78 is 13.8. The first-order chi connectivity index (χ1) is 9.61. The minimum Gasteiger partial charge on any atom is -0.317 e. The van der Waals surface area contributed by atoms with E-state index in [9.17, 15) is 9.18 Å². The van der Waals surface area contributed by atoms with E-state index in [1.165, 1.54) is 35.9 Å². The third-order valence-corrected chi connectivity index (χ3v) is 3.65. The van der Waals surface area contributed by atoms with Gasteiger partial charge in [0.1, 0.15) is 5.82 Å². The van der Waals surface area contributed by atoms with E-state index in [4.69, 9.17) is 11.6 Å². The van der Waals surface area contributed by atoms with Crippen molar-refractivity contribution in [2.24, 2.45) is 0 Å². The van der Waals surface area contributed by atoms with Gasteiger partial charge in [0, 0.05) is 6.07 Å². The van der Waals surface area contributed by atoms with Crippen molar-refractivity contribution in [3.63, 3.8) is 0 Å². The fourth-order valence-corrected chi connectivity index (χ4v) is 2.50. The number of anilines is 1. The highest BCUT2D eigenvalue weighted by Crippen LogP contribution is 2.23. The van der Waals surface area contributed by atoms with Crippen LogP contribution in [0.5, 0.6) is 0 Å². The van der Waals surface area contributed by atoms with Gasteiger partial charge in [-0.05, 0) is 23.7 Å². The van der Waals surface area contributed by atoms with E-state index in [1.54, 1.807) is 6.07 Å². The average Bonchev–Trinajstić information content (AvgIpc) is 2.84. The number of hydrogen-bond donors (Lipinski definition) is 1. The SMILES string of the molecule is O=C(Nc1cnc(Cl)nc1)c1nc2cc(F)ccc2s1. The van der Waals surface area contributed by atoms with Gasteiger partial charge in [0.2, 0.25) is 5.28 Å². The minimum absolute atomic E-state index is 0.0958. The van der Waals surface area contributed by atoms with E-state index in [-0.39, 0.29) is 16.1 Å². The Labute approximate surface area is 121 Å². The summed E-state index contributed by atoms with van der Waals surface area (Å²) in [5, 5.41) is 2.93. The highest BCUT2D eigenvalue weighted by molar-refractivity contribution is 7.20. The van der Waals surface area contributed by atoms with Gasteiger partial charge >= 0.3 is 0 Å². The number of halogens is 2. The van der Waals surface area contributed by atoms with Gasteiger partial charge in [-0.1, -0.05) is 0 Å². The van der Waals surface area contributed by atoms with Crippen molar-refractivity contribution in [3.05, 3.63) is 46.7 Å². The molecule has 2 aromatic heterocycles. The normalized spacial score (nSPS) is 10.7. The largest absolute Gasteiger partial charge is 0.317 e. The summed E-state index contributed by atoms with van der Waals surface area (Å²) in [6.07, 6.45) is 2.78. The van der Waals surface area contributed by atoms with E-state index in [2.05, 4.69) is 20.3 Å². The smallest absolute Gasteiger partial charge is 0.284 e. The number of carbonyl (C=O) groups is 1. The van der Waals surface area contributed by atoms with Crippen LogP contribution in [0, 0.1) is 5.82 Å². The average molecular weight is 309 g/mol. The molecule has 3 aromatic rings. The van der Waals surface area contributed by atoms with Crippen LogP contribution >= 0.6 is 22.9 Å². The maximum absolute atomic E-state index is 13.1. The molecular formula is C12H6ClFN4OS. The summed E-state index contributed by atoms with van der Waals surface area (Å²) in [6, 6.07) is 4.20. The first kappa shape index (κ1) is 12.9. The summed E-state index contributed by atoms with van der Waals surface area (Å²) in [7, 11) is 0. The second-order valence-corrected chi connectivity index (χ2v) is 5.19. The molecular weight excluding hydrogens is 303 g/mol. The van der Waals surface area contributed by atoms with Gasteiger partial charge in [0.25, 0.3) is 5.91 Å². The van der Waals surface area contributed by atoms with Gasteiger partial charge in [-0.2, -0.15) is 0 Å². The predicted octanol–water partition coefficient (Wildman–Crippen LogP) is 3.13. The van der Waals surface area contributed by atoms with Gasteiger partial charge in [-0.25, -0.2) is 19.3 Å². The van der Waals surface area contributed by atoms with Crippen LogP contribution in [0.25, 0.3) is 10.2 Å². The molecule has 100 valence electrons. The van der Waals surface area contributed by atoms with E-state index >= 15 is 0 Å². The van der Waals surface area contributed by atoms with Crippen molar-refractivity contribution < 1.29 is 9.18 Å². The number of rotatable bonds is 2. The second-order valence-electron chi connectivity index (χ2n) is 3.83. The molecule has 0 saturated heterocycles. The Bertz CT molecular complexity index is 790. The summed E-state index contributed by atoms with van der Waals surface area (Å²) in [5.74, 6) is -0.793. The van der Waals surface area contributed by atoms with Crippen LogP contribution in [-0.2, 0) is 0 Å². The van der Waals surface area contributed by atoms with Crippen molar-refractivity contribution in [1.82, 2.24) is 15.0 Å². The molecule has 0 radical (unpaired) electrons. The fourth-order valence-electron chi connectivity index (χ4n) is 1.56. The zero-order valence-corrected chi connectivity index (χ0v) is 11.4. The van der Waals surface area contributed by atoms with Crippen molar-refractivity contribution in [2.45, 2.75) is 0 Å². The number of fused-ring (bicyclic) bond motifs is 1. The quantitative estimate of drug-likeness (QED) is 0.739. The lowest BCUT2D eigenvalue weighted by Crippen LogP contribution is -2.11. The molecule has 3 rings (SSSR count). The topological polar surface area (TPSA) is 67.8 Å². The Hall–Kier alpha value is -2.12. The molecule has 0 atom stereocenters. The van der Waals surface area contributed by atoms with E-state index < -0.39 is 5.91 Å². The molecule has 0 aliphatic rings. The zero-order chi connectivity index (χ0) is 14.1. The van der Waals surface area contributed by atoms with Gasteiger partial charge in [-0.15, -0.1) is 11.3 Å². The van der Waals surface area contributed by atoms with Crippen molar-refractivity contribution in [2.75, 3.05) is 5.32 Å². The molecule has 0 unspecified atom stereocenters. The van der Waals surface area contributed by atoms with Gasteiger partial charge in [0.05, 0.1) is 28.3 Å². The van der Waals surface area contributed by atoms with Crippen LogP contribution in [0.3, 0.4) is 0 Å². The molecule has 0 fully saturated rings. The molecule has 2 heterocycles. The van der Waals surface area contributed by atoms with Crippen molar-refractivity contribution >= 4 is 44.7 Å². The number of hydrogen-bond acceptors (Lipinski definition) is 5. The van der Waals surface area contributed by atoms with Gasteiger partial charge in [-0.3, -0.25) is 4.79 Å². The third kappa shape index (κ3) is 2.59. The molecule has 0 bridgehead atoms. The monoisotopic (exact) mass is 308 g/mol. The van der Waals surface area contributed by atoms with Crippen LogP contribution in [0.4, 0.5) is 10.1 Å². The Balaban J connectivity index is 1.86. The summed E-state index contributed by atoms with van der Waals surface area (Å²) in [5.41, 5.74) is 0.859. The Kier molecular flexibility index (Phi) is 3.29. The highest BCUT2D eigenvalue weighted by Gasteiger charge is 2.13. The van der Waals surface area contributed by atoms with E-state index in [0.29, 0.717) is 11.2 Å². The minimum atomic E-state index is -0.405. The fraction of sp³-hybridized carbons (Fsp3) is 0. The summed E-state index contributed by atoms with van der Waals surface area (Å²) >= 11 is 6.73. The number of thiazole rings is 1. The first-order valence-electron chi connectivity index (χ1n) is 5.47. The number of aromatic nitrogens is 3. The molecule has 0 aliphatic heterocycles. The summed E-state index contributed by atoms with van der Waals surface area (Å²) in [4.78, 5) is 23.6. The number of benzene rings is 1. The molecule has 1 N–H and O–H groups in total. The Morgan fingerprint density at radius 3 is 2.80 bits per heavy atom. The lowest BCUT2D eigenvalue weighted by molar-refractivity contribution is 0.102. The molecule has 1 aromatic carbocycles. The van der Waals surface area contributed by atoms with Gasteiger partial charge < -0.3 is 5.32 Å². The number of nitrogens with one attached hydrogen (secondary N) is 1. The number of amides is 1. The lowest BCUT2D eigenvalue weighted by atomic mass is 10.3. The molecule has 8 heteroatoms. The molecule has 20 heavy (non-hydrogen) atoms. The molecule has 0 aliphatic carbocycles. The maximum atomic E-state index is 13.1. The molecule has 1 amide bonds. The summed E-state index contributed by atoms with van der Waals surface area (Å²) in [6.45, 7) is 0. The van der Waals surface area contributed by atoms with Crippen molar-refractivity contribution in [1.29, 1.82) is 0 Å². The molecule has 0 spiro atoms. The number of carbonyl (C=O) groups excluding carboxylic acids is 1. The van der Waals surface area contributed by atoms with Crippen LogP contribution in [0.2, 0.25) is 5.28 Å². The highest BCUT2D eigenvalue weighted by atomic mass is 35.5. The predicted molar refractivity (Wildman–Crippen MR) is 74.6 cm³/mol. The van der Waals surface area contributed by atoms with E-state index in [1.807, 2.05) is 0 Å². The first-order valence-corrected chi connectivity index (χ1v) is 6.66. The number of nitrogens with zero attached hydrogens (tertiary/aromatic N) is 3. The Morgan fingerprint density at radius 1 is 1.30 bits per heavy atom. The lowest BCUT2D eigenvalue weighted by Gasteiger charge is -2.00. The van der Waals surface area contributed by atoms with Crippen molar-refractivity contribution in [3.8, 4) is 0 Å². The van der Waals surface area contributed by atoms with Crippen LogP contribution in [0.1, 0.15) is 9.80 Å². The third-order valence-electron chi connectivity index (χ3n) is 2.42.